The first-order chi connectivity index (χ1) is 22.7. The number of nitrogen functional groups attached to an aromatic ring is 1. The minimum absolute atomic E-state index is 0.203. The van der Waals surface area contributed by atoms with Crippen molar-refractivity contribution in [1.29, 1.82) is 0 Å². The van der Waals surface area contributed by atoms with E-state index in [0.29, 0.717) is 27.9 Å². The van der Waals surface area contributed by atoms with Crippen molar-refractivity contribution in [1.82, 2.24) is 0 Å². The van der Waals surface area contributed by atoms with Gasteiger partial charge in [0.1, 0.15) is 12.2 Å². The van der Waals surface area contributed by atoms with Crippen molar-refractivity contribution < 1.29 is 10.2 Å². The van der Waals surface area contributed by atoms with E-state index in [1.807, 2.05) is 121 Å². The maximum absolute atomic E-state index is 10.9. The van der Waals surface area contributed by atoms with E-state index >= 15 is 0 Å². The molecular formula is C44H35NO2. The number of benzene rings is 5. The molecule has 0 saturated heterocycles. The minimum Gasteiger partial charge on any atom is -0.397 e. The molecule has 0 aliphatic heterocycles. The molecule has 0 aliphatic rings. The Morgan fingerprint density at radius 1 is 0.489 bits per heavy atom. The molecule has 4 N–H and O–H groups in total. The Hall–Kier alpha value is -5.94. The SMILES string of the molecule is CC(C)(C)c1cc(C#C[C@H](O)c2ccc(C#Cc3ccccc3)cc2)c(N)c(C#C[C@H](O)c2ccc(C#Cc3ccccc3)cc2)c1. The third-order valence-electron chi connectivity index (χ3n) is 7.44. The standard InChI is InChI=1S/C44H35NO2/c1-44(2,3)40-30-38(26-28-41(46)36-22-18-34(19-23-36)16-14-32-10-6-4-7-11-32)43(45)39(31-40)27-29-42(47)37-24-20-35(21-25-37)17-15-33-12-8-5-9-13-33/h4-13,18-25,30-31,41-42,46-47H,45H2,1-3H3/t41-,42-/m0/s1. The third kappa shape index (κ3) is 9.05. The first-order valence-electron chi connectivity index (χ1n) is 15.3. The van der Waals surface area contributed by atoms with E-state index in [-0.39, 0.29) is 5.41 Å². The van der Waals surface area contributed by atoms with Crippen molar-refractivity contribution in [2.45, 2.75) is 38.4 Å². The van der Waals surface area contributed by atoms with Gasteiger partial charge in [0.15, 0.2) is 0 Å². The Kier molecular flexibility index (Phi) is 10.3. The van der Waals surface area contributed by atoms with E-state index < -0.39 is 12.2 Å². The smallest absolute Gasteiger partial charge is 0.140 e. The molecule has 0 radical (unpaired) electrons. The number of hydrogen-bond donors (Lipinski definition) is 3. The van der Waals surface area contributed by atoms with Gasteiger partial charge in [-0.05, 0) is 82.8 Å². The fourth-order valence-corrected chi connectivity index (χ4v) is 4.58. The molecule has 228 valence electrons. The molecule has 3 nitrogen and oxygen atoms in total. The highest BCUT2D eigenvalue weighted by molar-refractivity contribution is 5.68. The highest BCUT2D eigenvalue weighted by atomic mass is 16.3. The van der Waals surface area contributed by atoms with Crippen molar-refractivity contribution in [2.75, 3.05) is 5.73 Å². The summed E-state index contributed by atoms with van der Waals surface area (Å²) < 4.78 is 0. The van der Waals surface area contributed by atoms with Crippen LogP contribution in [0, 0.1) is 47.4 Å². The summed E-state index contributed by atoms with van der Waals surface area (Å²) >= 11 is 0. The van der Waals surface area contributed by atoms with E-state index in [2.05, 4.69) is 68.1 Å². The van der Waals surface area contributed by atoms with Crippen LogP contribution in [0.25, 0.3) is 0 Å². The zero-order chi connectivity index (χ0) is 33.2. The molecule has 0 heterocycles. The van der Waals surface area contributed by atoms with Gasteiger partial charge in [-0.2, -0.15) is 0 Å². The van der Waals surface area contributed by atoms with Gasteiger partial charge >= 0.3 is 0 Å². The molecule has 2 atom stereocenters. The zero-order valence-corrected chi connectivity index (χ0v) is 26.7. The monoisotopic (exact) mass is 609 g/mol. The van der Waals surface area contributed by atoms with Crippen LogP contribution in [0.2, 0.25) is 0 Å². The summed E-state index contributed by atoms with van der Waals surface area (Å²) in [5.74, 6) is 24.6. The Morgan fingerprint density at radius 3 is 1.17 bits per heavy atom. The van der Waals surface area contributed by atoms with Crippen LogP contribution in [-0.2, 0) is 5.41 Å². The van der Waals surface area contributed by atoms with Crippen molar-refractivity contribution in [3.63, 3.8) is 0 Å². The van der Waals surface area contributed by atoms with Gasteiger partial charge in [0.05, 0.1) is 5.69 Å². The molecule has 3 heteroatoms. The predicted molar refractivity (Wildman–Crippen MR) is 191 cm³/mol. The van der Waals surface area contributed by atoms with Crippen LogP contribution >= 0.6 is 0 Å². The lowest BCUT2D eigenvalue weighted by molar-refractivity contribution is 0.238. The molecule has 0 aromatic heterocycles. The molecule has 0 bridgehead atoms. The number of hydrogen-bond acceptors (Lipinski definition) is 3. The van der Waals surface area contributed by atoms with E-state index in [1.165, 1.54) is 0 Å². The topological polar surface area (TPSA) is 66.5 Å². The maximum atomic E-state index is 10.9. The Bertz CT molecular complexity index is 1950. The molecule has 5 rings (SSSR count). The van der Waals surface area contributed by atoms with Crippen molar-refractivity contribution in [3.05, 3.63) is 171 Å². The number of anilines is 1. The largest absolute Gasteiger partial charge is 0.397 e. The van der Waals surface area contributed by atoms with Crippen molar-refractivity contribution in [3.8, 4) is 47.4 Å². The molecule has 0 aliphatic carbocycles. The summed E-state index contributed by atoms with van der Waals surface area (Å²) in [7, 11) is 0. The van der Waals surface area contributed by atoms with Crippen LogP contribution < -0.4 is 5.73 Å². The summed E-state index contributed by atoms with van der Waals surface area (Å²) in [4.78, 5) is 0. The molecule has 0 saturated carbocycles. The average molecular weight is 610 g/mol. The van der Waals surface area contributed by atoms with Crippen molar-refractivity contribution >= 4 is 5.69 Å². The molecule has 0 fully saturated rings. The molecule has 0 unspecified atom stereocenters. The highest BCUT2D eigenvalue weighted by Crippen LogP contribution is 2.29. The quantitative estimate of drug-likeness (QED) is 0.143. The highest BCUT2D eigenvalue weighted by Gasteiger charge is 2.17. The van der Waals surface area contributed by atoms with Gasteiger partial charge in [0.2, 0.25) is 0 Å². The van der Waals surface area contributed by atoms with Gasteiger partial charge in [-0.15, -0.1) is 0 Å². The van der Waals surface area contributed by atoms with Crippen LogP contribution in [0.1, 0.15) is 83.1 Å². The second-order valence-corrected chi connectivity index (χ2v) is 12.1. The normalized spacial score (nSPS) is 11.6. The van der Waals surface area contributed by atoms with Crippen LogP contribution in [0.15, 0.2) is 121 Å². The molecule has 0 spiro atoms. The number of nitrogens with two attached hydrogens (primary N) is 1. The van der Waals surface area contributed by atoms with E-state index in [9.17, 15) is 10.2 Å². The Balaban J connectivity index is 1.34. The molecule has 5 aromatic rings. The molecule has 0 amide bonds. The molecule has 5 aromatic carbocycles. The van der Waals surface area contributed by atoms with E-state index in [4.69, 9.17) is 5.73 Å². The van der Waals surface area contributed by atoms with Crippen LogP contribution in [-0.4, -0.2) is 10.2 Å². The van der Waals surface area contributed by atoms with Gasteiger partial charge in [-0.1, -0.05) is 129 Å². The summed E-state index contributed by atoms with van der Waals surface area (Å²) in [5.41, 5.74) is 13.8. The number of rotatable bonds is 2. The number of aliphatic hydroxyl groups excluding tert-OH is 2. The van der Waals surface area contributed by atoms with Crippen LogP contribution in [0.5, 0.6) is 0 Å². The Labute approximate surface area is 278 Å². The first-order valence-corrected chi connectivity index (χ1v) is 15.3. The fourth-order valence-electron chi connectivity index (χ4n) is 4.58. The number of aliphatic hydroxyl groups is 2. The summed E-state index contributed by atoms with van der Waals surface area (Å²) in [6, 6.07) is 38.2. The van der Waals surface area contributed by atoms with Crippen LogP contribution in [0.3, 0.4) is 0 Å². The van der Waals surface area contributed by atoms with Gasteiger partial charge in [-0.25, -0.2) is 0 Å². The van der Waals surface area contributed by atoms with E-state index in [0.717, 1.165) is 27.8 Å². The van der Waals surface area contributed by atoms with Crippen LogP contribution in [0.4, 0.5) is 5.69 Å². The lowest BCUT2D eigenvalue weighted by Gasteiger charge is -2.20. The minimum atomic E-state index is -1.01. The fraction of sp³-hybridized carbons (Fsp3) is 0.136. The molecular weight excluding hydrogens is 574 g/mol. The van der Waals surface area contributed by atoms with Gasteiger partial charge < -0.3 is 15.9 Å². The Morgan fingerprint density at radius 2 is 0.830 bits per heavy atom. The second-order valence-electron chi connectivity index (χ2n) is 12.1. The van der Waals surface area contributed by atoms with Gasteiger partial charge in [0, 0.05) is 33.4 Å². The van der Waals surface area contributed by atoms with E-state index in [1.54, 1.807) is 0 Å². The lowest BCUT2D eigenvalue weighted by atomic mass is 9.84. The van der Waals surface area contributed by atoms with Gasteiger partial charge in [-0.3, -0.25) is 0 Å². The molecule has 47 heavy (non-hydrogen) atoms. The third-order valence-corrected chi connectivity index (χ3v) is 7.44. The predicted octanol–water partition coefficient (Wildman–Crippen LogP) is 7.54. The summed E-state index contributed by atoms with van der Waals surface area (Å²) in [6.07, 6.45) is -2.03. The summed E-state index contributed by atoms with van der Waals surface area (Å²) in [6.45, 7) is 6.29. The lowest BCUT2D eigenvalue weighted by Crippen LogP contribution is -2.13. The second kappa shape index (κ2) is 14.9. The van der Waals surface area contributed by atoms with Gasteiger partial charge in [0.25, 0.3) is 0 Å². The van der Waals surface area contributed by atoms with Crippen molar-refractivity contribution in [2.24, 2.45) is 0 Å². The average Bonchev–Trinajstić information content (AvgIpc) is 3.09. The maximum Gasteiger partial charge on any atom is 0.140 e. The summed E-state index contributed by atoms with van der Waals surface area (Å²) in [5, 5.41) is 21.7. The zero-order valence-electron chi connectivity index (χ0n) is 26.7. The first kappa shape index (κ1) is 32.5.